The molecule has 1 fully saturated rings. The molecule has 2 rings (SSSR count). The molecular weight excluding hydrogens is 278 g/mol. The van der Waals surface area contributed by atoms with Crippen molar-refractivity contribution in [3.63, 3.8) is 0 Å². The first-order valence-corrected chi connectivity index (χ1v) is 7.35. The van der Waals surface area contributed by atoms with Crippen molar-refractivity contribution in [2.24, 2.45) is 5.73 Å². The molecule has 1 unspecified atom stereocenters. The van der Waals surface area contributed by atoms with Gasteiger partial charge in [-0.3, -0.25) is 4.79 Å². The number of anilines is 2. The molecule has 1 aliphatic heterocycles. The lowest BCUT2D eigenvalue weighted by molar-refractivity contribution is 0.0749. The minimum atomic E-state index is -0.119. The highest BCUT2D eigenvalue weighted by molar-refractivity contribution is 7.18. The largest absolute Gasteiger partial charge is 0.383 e. The average molecular weight is 299 g/mol. The molecule has 0 radical (unpaired) electrons. The summed E-state index contributed by atoms with van der Waals surface area (Å²) in [6, 6.07) is 0.170. The summed E-state index contributed by atoms with van der Waals surface area (Å²) in [4.78, 5) is 20.7. The van der Waals surface area contributed by atoms with E-state index in [2.05, 4.69) is 9.88 Å². The molecule has 0 bridgehead atoms. The molecule has 1 saturated heterocycles. The van der Waals surface area contributed by atoms with Gasteiger partial charge >= 0.3 is 0 Å². The Bertz CT molecular complexity index is 478. The highest BCUT2D eigenvalue weighted by atomic mass is 32.1. The predicted octanol–water partition coefficient (Wildman–Crippen LogP) is -0.0189. The van der Waals surface area contributed by atoms with Gasteiger partial charge in [0.1, 0.15) is 10.7 Å². The Hall–Kier alpha value is -1.38. The molecule has 0 saturated carbocycles. The lowest BCUT2D eigenvalue weighted by Gasteiger charge is -2.15. The highest BCUT2D eigenvalue weighted by Gasteiger charge is 2.25. The summed E-state index contributed by atoms with van der Waals surface area (Å²) < 4.78 is 4.97. The number of aromatic nitrogens is 1. The van der Waals surface area contributed by atoms with Crippen LogP contribution >= 0.6 is 11.3 Å². The van der Waals surface area contributed by atoms with Gasteiger partial charge in [-0.15, -0.1) is 0 Å². The fraction of sp³-hybridized carbons (Fsp3) is 0.667. The zero-order valence-electron chi connectivity index (χ0n) is 11.8. The quantitative estimate of drug-likeness (QED) is 0.793. The highest BCUT2D eigenvalue weighted by Crippen LogP contribution is 2.30. The van der Waals surface area contributed by atoms with Crippen LogP contribution in [-0.2, 0) is 4.74 Å². The standard InChI is InChI=1S/C12H21N5O2S/c1-16(5-6-19-2)11(18)9-10(14)15-12(20-9)17-4-3-8(13)7-17/h8H,3-7,13-14H2,1-2H3. The fourth-order valence-corrected chi connectivity index (χ4v) is 3.09. The third-order valence-electron chi connectivity index (χ3n) is 3.31. The summed E-state index contributed by atoms with van der Waals surface area (Å²) in [6.45, 7) is 2.65. The van der Waals surface area contributed by atoms with Crippen LogP contribution in [0.1, 0.15) is 16.1 Å². The van der Waals surface area contributed by atoms with E-state index in [1.165, 1.54) is 11.3 Å². The van der Waals surface area contributed by atoms with Gasteiger partial charge in [-0.1, -0.05) is 11.3 Å². The fourth-order valence-electron chi connectivity index (χ4n) is 2.07. The summed E-state index contributed by atoms with van der Waals surface area (Å²) in [7, 11) is 3.33. The van der Waals surface area contributed by atoms with Crippen molar-refractivity contribution in [1.82, 2.24) is 9.88 Å². The van der Waals surface area contributed by atoms with Crippen LogP contribution in [0.2, 0.25) is 0 Å². The van der Waals surface area contributed by atoms with Crippen LogP contribution in [0.4, 0.5) is 10.9 Å². The van der Waals surface area contributed by atoms with Gasteiger partial charge in [0.25, 0.3) is 5.91 Å². The van der Waals surface area contributed by atoms with E-state index in [0.717, 1.165) is 24.6 Å². The summed E-state index contributed by atoms with van der Waals surface area (Å²) in [5.74, 6) is 0.173. The topological polar surface area (TPSA) is 97.7 Å². The van der Waals surface area contributed by atoms with Crippen molar-refractivity contribution in [1.29, 1.82) is 0 Å². The van der Waals surface area contributed by atoms with Crippen molar-refractivity contribution in [2.75, 3.05) is 51.0 Å². The molecule has 0 aliphatic carbocycles. The van der Waals surface area contributed by atoms with Crippen LogP contribution in [0, 0.1) is 0 Å². The first-order chi connectivity index (χ1) is 9.52. The van der Waals surface area contributed by atoms with Crippen LogP contribution in [-0.4, -0.2) is 62.2 Å². The third kappa shape index (κ3) is 3.20. The number of nitrogens with two attached hydrogens (primary N) is 2. The number of hydrogen-bond acceptors (Lipinski definition) is 7. The second-order valence-electron chi connectivity index (χ2n) is 4.93. The van der Waals surface area contributed by atoms with Gasteiger partial charge in [0.05, 0.1) is 6.61 Å². The van der Waals surface area contributed by atoms with Crippen molar-refractivity contribution in [3.8, 4) is 0 Å². The Balaban J connectivity index is 2.09. The number of carbonyl (C=O) groups is 1. The van der Waals surface area contributed by atoms with Gasteiger partial charge in [0.2, 0.25) is 0 Å². The molecule has 4 N–H and O–H groups in total. The van der Waals surface area contributed by atoms with E-state index in [1.54, 1.807) is 19.1 Å². The molecule has 112 valence electrons. The van der Waals surface area contributed by atoms with E-state index in [0.29, 0.717) is 23.8 Å². The predicted molar refractivity (Wildman–Crippen MR) is 80.2 cm³/mol. The number of nitrogens with zero attached hydrogens (tertiary/aromatic N) is 3. The molecule has 1 aromatic heterocycles. The Morgan fingerprint density at radius 3 is 3.00 bits per heavy atom. The summed E-state index contributed by atoms with van der Waals surface area (Å²) in [5.41, 5.74) is 11.8. The van der Waals surface area contributed by atoms with Gasteiger partial charge in [-0.2, -0.15) is 0 Å². The van der Waals surface area contributed by atoms with Crippen LogP contribution in [0.5, 0.6) is 0 Å². The van der Waals surface area contributed by atoms with Gasteiger partial charge in [-0.05, 0) is 6.42 Å². The lowest BCUT2D eigenvalue weighted by atomic mass is 10.3. The van der Waals surface area contributed by atoms with E-state index in [9.17, 15) is 4.79 Å². The van der Waals surface area contributed by atoms with E-state index in [1.807, 2.05) is 0 Å². The number of carbonyl (C=O) groups excluding carboxylic acids is 1. The first-order valence-electron chi connectivity index (χ1n) is 6.54. The summed E-state index contributed by atoms with van der Waals surface area (Å²) >= 11 is 1.33. The van der Waals surface area contributed by atoms with Crippen LogP contribution in [0.15, 0.2) is 0 Å². The van der Waals surface area contributed by atoms with Crippen molar-refractivity contribution in [3.05, 3.63) is 4.88 Å². The van der Waals surface area contributed by atoms with Crippen LogP contribution in [0.3, 0.4) is 0 Å². The minimum absolute atomic E-state index is 0.119. The second kappa shape index (κ2) is 6.38. The SMILES string of the molecule is COCCN(C)C(=O)c1sc(N2CCC(N)C2)nc1N. The van der Waals surface area contributed by atoms with E-state index in [4.69, 9.17) is 16.2 Å². The normalized spacial score (nSPS) is 18.6. The molecule has 1 atom stereocenters. The van der Waals surface area contributed by atoms with Gasteiger partial charge in [0, 0.05) is 39.8 Å². The molecule has 20 heavy (non-hydrogen) atoms. The third-order valence-corrected chi connectivity index (χ3v) is 4.43. The van der Waals surface area contributed by atoms with E-state index in [-0.39, 0.29) is 11.9 Å². The number of thiazole rings is 1. The van der Waals surface area contributed by atoms with Crippen molar-refractivity contribution < 1.29 is 9.53 Å². The molecule has 0 aromatic carbocycles. The molecule has 7 nitrogen and oxygen atoms in total. The molecule has 8 heteroatoms. The monoisotopic (exact) mass is 299 g/mol. The minimum Gasteiger partial charge on any atom is -0.383 e. The maximum atomic E-state index is 12.3. The number of hydrogen-bond donors (Lipinski definition) is 2. The number of amides is 1. The molecule has 1 amide bonds. The molecule has 1 aromatic rings. The Kier molecular flexibility index (Phi) is 4.79. The molecular formula is C12H21N5O2S. The Morgan fingerprint density at radius 1 is 1.65 bits per heavy atom. The van der Waals surface area contributed by atoms with Crippen LogP contribution < -0.4 is 16.4 Å². The number of nitrogen functional groups attached to an aromatic ring is 1. The summed E-state index contributed by atoms with van der Waals surface area (Å²) in [5, 5.41) is 0.777. The smallest absolute Gasteiger partial charge is 0.267 e. The van der Waals surface area contributed by atoms with Gasteiger partial charge in [-0.25, -0.2) is 4.98 Å². The van der Waals surface area contributed by atoms with E-state index >= 15 is 0 Å². The Labute approximate surface area is 122 Å². The van der Waals surface area contributed by atoms with Crippen LogP contribution in [0.25, 0.3) is 0 Å². The average Bonchev–Trinajstić information content (AvgIpc) is 3.01. The number of ether oxygens (including phenoxy) is 1. The molecule has 0 spiro atoms. The lowest BCUT2D eigenvalue weighted by Crippen LogP contribution is -2.29. The number of likely N-dealkylation sites (N-methyl/N-ethyl adjacent to an activating group) is 1. The Morgan fingerprint density at radius 2 is 2.40 bits per heavy atom. The van der Waals surface area contributed by atoms with Crippen molar-refractivity contribution in [2.45, 2.75) is 12.5 Å². The first kappa shape index (κ1) is 15.0. The van der Waals surface area contributed by atoms with Crippen molar-refractivity contribution >= 4 is 28.2 Å². The zero-order valence-corrected chi connectivity index (χ0v) is 12.7. The van der Waals surface area contributed by atoms with E-state index < -0.39 is 0 Å². The summed E-state index contributed by atoms with van der Waals surface area (Å²) in [6.07, 6.45) is 0.941. The molecule has 1 aliphatic rings. The maximum Gasteiger partial charge on any atom is 0.267 e. The van der Waals surface area contributed by atoms with Gasteiger partial charge < -0.3 is 26.0 Å². The van der Waals surface area contributed by atoms with Gasteiger partial charge in [0.15, 0.2) is 5.13 Å². The number of methoxy groups -OCH3 is 1. The maximum absolute atomic E-state index is 12.3. The second-order valence-corrected chi connectivity index (χ2v) is 5.90. The number of rotatable bonds is 5. The zero-order chi connectivity index (χ0) is 14.7. The molecule has 2 heterocycles.